The molecule has 0 heterocycles. The monoisotopic (exact) mass is 159 g/mol. The third-order valence-corrected chi connectivity index (χ3v) is 1.86. The fourth-order valence-electron chi connectivity index (χ4n) is 1.01. The smallest absolute Gasteiger partial charge is 0.251 e. The van der Waals surface area contributed by atoms with Gasteiger partial charge in [0, 0.05) is 0 Å². The molecule has 0 spiro atoms. The van der Waals surface area contributed by atoms with Crippen molar-refractivity contribution < 1.29 is 4.79 Å². The van der Waals surface area contributed by atoms with Crippen LogP contribution in [-0.2, 0) is 4.79 Å². The van der Waals surface area contributed by atoms with Crippen molar-refractivity contribution in [1.82, 2.24) is 10.3 Å². The molecule has 0 aliphatic rings. The van der Waals surface area contributed by atoms with E-state index in [4.69, 9.17) is 5.84 Å². The number of carbonyl (C=O) groups excluding carboxylic acids is 1. The quantitative estimate of drug-likeness (QED) is 0.336. The van der Waals surface area contributed by atoms with Crippen LogP contribution in [-0.4, -0.2) is 30.4 Å². The van der Waals surface area contributed by atoms with Crippen molar-refractivity contribution in [2.75, 3.05) is 13.6 Å². The lowest BCUT2D eigenvalue weighted by molar-refractivity contribution is -0.126. The third kappa shape index (κ3) is 2.86. The van der Waals surface area contributed by atoms with Gasteiger partial charge in [0.1, 0.15) is 0 Å². The molecule has 0 bridgehead atoms. The SMILES string of the molecule is CCC(C(=O)NN)N(C)CC. The van der Waals surface area contributed by atoms with Crippen molar-refractivity contribution in [3.05, 3.63) is 0 Å². The minimum absolute atomic E-state index is 0.0926. The Labute approximate surface area is 67.7 Å². The molecule has 0 saturated carbocycles. The van der Waals surface area contributed by atoms with E-state index in [1.807, 2.05) is 25.8 Å². The summed E-state index contributed by atoms with van der Waals surface area (Å²) < 4.78 is 0. The summed E-state index contributed by atoms with van der Waals surface area (Å²) in [5.74, 6) is 4.90. The third-order valence-electron chi connectivity index (χ3n) is 1.86. The van der Waals surface area contributed by atoms with Gasteiger partial charge in [-0.2, -0.15) is 0 Å². The maximum absolute atomic E-state index is 11.1. The molecular formula is C7H17N3O. The summed E-state index contributed by atoms with van der Waals surface area (Å²) in [4.78, 5) is 13.0. The maximum Gasteiger partial charge on any atom is 0.251 e. The topological polar surface area (TPSA) is 58.4 Å². The number of hydrazine groups is 1. The predicted molar refractivity (Wildman–Crippen MR) is 44.7 cm³/mol. The molecule has 0 fully saturated rings. The lowest BCUT2D eigenvalue weighted by atomic mass is 10.2. The van der Waals surface area contributed by atoms with E-state index in [-0.39, 0.29) is 11.9 Å². The van der Waals surface area contributed by atoms with Gasteiger partial charge in [-0.05, 0) is 20.0 Å². The van der Waals surface area contributed by atoms with Gasteiger partial charge in [-0.3, -0.25) is 15.1 Å². The normalized spacial score (nSPS) is 13.2. The average molecular weight is 159 g/mol. The molecule has 11 heavy (non-hydrogen) atoms. The van der Waals surface area contributed by atoms with E-state index >= 15 is 0 Å². The van der Waals surface area contributed by atoms with Gasteiger partial charge >= 0.3 is 0 Å². The molecule has 3 N–H and O–H groups in total. The van der Waals surface area contributed by atoms with Crippen LogP contribution in [0.15, 0.2) is 0 Å². The Morgan fingerprint density at radius 1 is 1.64 bits per heavy atom. The van der Waals surface area contributed by atoms with Crippen LogP contribution in [0.5, 0.6) is 0 Å². The number of likely N-dealkylation sites (N-methyl/N-ethyl adjacent to an activating group) is 1. The minimum atomic E-state index is -0.114. The van der Waals surface area contributed by atoms with Crippen molar-refractivity contribution in [3.8, 4) is 0 Å². The standard InChI is InChI=1S/C7H17N3O/c1-4-6(7(11)9-8)10(3)5-2/h6H,4-5,8H2,1-3H3,(H,9,11). The molecule has 0 rings (SSSR count). The number of hydrogen-bond acceptors (Lipinski definition) is 3. The Hall–Kier alpha value is -0.610. The number of nitrogens with one attached hydrogen (secondary N) is 1. The Balaban J connectivity index is 4.03. The summed E-state index contributed by atoms with van der Waals surface area (Å²) in [7, 11) is 1.91. The van der Waals surface area contributed by atoms with Gasteiger partial charge in [0.25, 0.3) is 5.91 Å². The minimum Gasteiger partial charge on any atom is -0.295 e. The second-order valence-corrected chi connectivity index (χ2v) is 2.51. The lowest BCUT2D eigenvalue weighted by Gasteiger charge is -2.23. The van der Waals surface area contributed by atoms with Crippen LogP contribution in [0.25, 0.3) is 0 Å². The summed E-state index contributed by atoms with van der Waals surface area (Å²) in [6.45, 7) is 4.82. The number of nitrogens with two attached hydrogens (primary N) is 1. The lowest BCUT2D eigenvalue weighted by Crippen LogP contribution is -2.47. The van der Waals surface area contributed by atoms with Gasteiger partial charge in [-0.25, -0.2) is 5.84 Å². The Morgan fingerprint density at radius 2 is 2.18 bits per heavy atom. The van der Waals surface area contributed by atoms with Gasteiger partial charge < -0.3 is 0 Å². The molecule has 0 aliphatic heterocycles. The Bertz CT molecular complexity index is 127. The second-order valence-electron chi connectivity index (χ2n) is 2.51. The Morgan fingerprint density at radius 3 is 2.45 bits per heavy atom. The van der Waals surface area contributed by atoms with E-state index in [0.29, 0.717) is 0 Å². The van der Waals surface area contributed by atoms with Crippen molar-refractivity contribution in [2.24, 2.45) is 5.84 Å². The molecule has 1 amide bonds. The molecule has 0 aromatic carbocycles. The molecule has 4 heteroatoms. The highest BCUT2D eigenvalue weighted by atomic mass is 16.2. The van der Waals surface area contributed by atoms with Crippen LogP contribution >= 0.6 is 0 Å². The highest BCUT2D eigenvalue weighted by molar-refractivity contribution is 5.80. The highest BCUT2D eigenvalue weighted by Crippen LogP contribution is 1.99. The first-order valence-corrected chi connectivity index (χ1v) is 3.88. The number of carbonyl (C=O) groups is 1. The van der Waals surface area contributed by atoms with E-state index < -0.39 is 0 Å². The number of rotatable bonds is 4. The summed E-state index contributed by atoms with van der Waals surface area (Å²) in [5.41, 5.74) is 2.15. The number of hydrogen-bond donors (Lipinski definition) is 2. The summed E-state index contributed by atoms with van der Waals surface area (Å²) in [5, 5.41) is 0. The molecule has 0 aromatic rings. The molecule has 1 atom stereocenters. The summed E-state index contributed by atoms with van der Waals surface area (Å²) in [6.07, 6.45) is 0.785. The molecule has 0 aliphatic carbocycles. The maximum atomic E-state index is 11.1. The van der Waals surface area contributed by atoms with Gasteiger partial charge in [0.2, 0.25) is 0 Å². The molecule has 0 saturated heterocycles. The zero-order valence-electron chi connectivity index (χ0n) is 7.42. The van der Waals surface area contributed by atoms with E-state index in [9.17, 15) is 4.79 Å². The van der Waals surface area contributed by atoms with Crippen LogP contribution in [0.2, 0.25) is 0 Å². The van der Waals surface area contributed by atoms with Crippen LogP contribution in [0.1, 0.15) is 20.3 Å². The van der Waals surface area contributed by atoms with E-state index in [1.54, 1.807) is 0 Å². The van der Waals surface area contributed by atoms with E-state index in [0.717, 1.165) is 13.0 Å². The van der Waals surface area contributed by atoms with Crippen molar-refractivity contribution >= 4 is 5.91 Å². The largest absolute Gasteiger partial charge is 0.295 e. The van der Waals surface area contributed by atoms with Crippen LogP contribution in [0.3, 0.4) is 0 Å². The Kier molecular flexibility index (Phi) is 4.81. The first-order valence-electron chi connectivity index (χ1n) is 3.88. The molecule has 1 unspecified atom stereocenters. The molecule has 66 valence electrons. The predicted octanol–water partition coefficient (Wildman–Crippen LogP) is -0.293. The molecule has 0 radical (unpaired) electrons. The van der Waals surface area contributed by atoms with Crippen LogP contribution in [0.4, 0.5) is 0 Å². The molecular weight excluding hydrogens is 142 g/mol. The molecule has 4 nitrogen and oxygen atoms in total. The second kappa shape index (κ2) is 5.09. The van der Waals surface area contributed by atoms with Crippen molar-refractivity contribution in [3.63, 3.8) is 0 Å². The van der Waals surface area contributed by atoms with E-state index in [1.165, 1.54) is 0 Å². The van der Waals surface area contributed by atoms with Crippen LogP contribution < -0.4 is 11.3 Å². The fourth-order valence-corrected chi connectivity index (χ4v) is 1.01. The fraction of sp³-hybridized carbons (Fsp3) is 0.857. The number of amides is 1. The summed E-state index contributed by atoms with van der Waals surface area (Å²) in [6, 6.07) is -0.0926. The van der Waals surface area contributed by atoms with Gasteiger partial charge in [0.05, 0.1) is 6.04 Å². The number of nitrogens with zero attached hydrogens (tertiary/aromatic N) is 1. The highest BCUT2D eigenvalue weighted by Gasteiger charge is 2.18. The van der Waals surface area contributed by atoms with Gasteiger partial charge in [0.15, 0.2) is 0 Å². The first kappa shape index (κ1) is 10.4. The van der Waals surface area contributed by atoms with Gasteiger partial charge in [-0.15, -0.1) is 0 Å². The summed E-state index contributed by atoms with van der Waals surface area (Å²) >= 11 is 0. The van der Waals surface area contributed by atoms with Gasteiger partial charge in [-0.1, -0.05) is 13.8 Å². The van der Waals surface area contributed by atoms with E-state index in [2.05, 4.69) is 5.43 Å². The van der Waals surface area contributed by atoms with Crippen molar-refractivity contribution in [1.29, 1.82) is 0 Å². The zero-order valence-corrected chi connectivity index (χ0v) is 7.42. The molecule has 0 aromatic heterocycles. The first-order chi connectivity index (χ1) is 5.17. The zero-order chi connectivity index (χ0) is 8.85. The van der Waals surface area contributed by atoms with Crippen molar-refractivity contribution in [2.45, 2.75) is 26.3 Å². The van der Waals surface area contributed by atoms with Crippen LogP contribution in [0, 0.1) is 0 Å². The average Bonchev–Trinajstić information content (AvgIpc) is 2.05.